The van der Waals surface area contributed by atoms with Crippen LogP contribution in [0.2, 0.25) is 0 Å². The summed E-state index contributed by atoms with van der Waals surface area (Å²) in [5, 5.41) is 2.42. The van der Waals surface area contributed by atoms with Crippen molar-refractivity contribution < 1.29 is 22.7 Å². The highest BCUT2D eigenvalue weighted by atomic mass is 19.4. The van der Waals surface area contributed by atoms with Crippen LogP contribution in [0.25, 0.3) is 10.8 Å². The summed E-state index contributed by atoms with van der Waals surface area (Å²) in [5.41, 5.74) is 1.49. The van der Waals surface area contributed by atoms with Crippen molar-refractivity contribution in [1.82, 2.24) is 10.4 Å². The molecular weight excluding hydrogens is 357 g/mol. The van der Waals surface area contributed by atoms with Crippen LogP contribution in [0.15, 0.2) is 36.4 Å². The molecule has 27 heavy (non-hydrogen) atoms. The monoisotopic (exact) mass is 380 g/mol. The maximum absolute atomic E-state index is 14.0. The summed E-state index contributed by atoms with van der Waals surface area (Å²) in [6.07, 6.45) is -4.65. The van der Waals surface area contributed by atoms with E-state index in [9.17, 15) is 18.0 Å². The minimum atomic E-state index is -4.56. The minimum absolute atomic E-state index is 0.00880. The number of carbonyl (C=O) groups is 1. The lowest BCUT2D eigenvalue weighted by molar-refractivity contribution is -0.203. The van der Waals surface area contributed by atoms with Crippen LogP contribution in [0, 0.1) is 0 Å². The number of nitrogens with one attached hydrogen (secondary N) is 1. The third-order valence-electron chi connectivity index (χ3n) is 4.60. The Hall–Kier alpha value is -2.28. The highest BCUT2D eigenvalue weighted by molar-refractivity contribution is 5.89. The largest absolute Gasteiger partial charge is 0.490 e. The Labute approximate surface area is 156 Å². The fourth-order valence-electron chi connectivity index (χ4n) is 3.49. The van der Waals surface area contributed by atoms with Gasteiger partial charge in [-0.25, -0.2) is 0 Å². The Morgan fingerprint density at radius 1 is 1.19 bits per heavy atom. The number of halogens is 3. The average molecular weight is 380 g/mol. The topological polar surface area (TPSA) is 41.6 Å². The molecule has 0 aromatic heterocycles. The summed E-state index contributed by atoms with van der Waals surface area (Å²) in [5.74, 6) is 0.119. The maximum Gasteiger partial charge on any atom is 0.409 e. The van der Waals surface area contributed by atoms with Crippen molar-refractivity contribution in [3.63, 3.8) is 0 Å². The fourth-order valence-corrected chi connectivity index (χ4v) is 3.49. The Bertz CT molecular complexity index is 862. The molecule has 0 unspecified atom stereocenters. The van der Waals surface area contributed by atoms with E-state index in [1.807, 2.05) is 26.0 Å². The molecule has 4 nitrogen and oxygen atoms in total. The summed E-state index contributed by atoms with van der Waals surface area (Å²) >= 11 is 0. The zero-order valence-corrected chi connectivity index (χ0v) is 15.7. The van der Waals surface area contributed by atoms with Crippen molar-refractivity contribution in [2.45, 2.75) is 58.0 Å². The van der Waals surface area contributed by atoms with E-state index in [1.54, 1.807) is 26.0 Å². The van der Waals surface area contributed by atoms with E-state index >= 15 is 0 Å². The van der Waals surface area contributed by atoms with E-state index in [1.165, 1.54) is 12.1 Å². The van der Waals surface area contributed by atoms with Gasteiger partial charge in [-0.3, -0.25) is 10.2 Å². The van der Waals surface area contributed by atoms with Gasteiger partial charge < -0.3 is 4.74 Å². The quantitative estimate of drug-likeness (QED) is 0.833. The predicted molar refractivity (Wildman–Crippen MR) is 97.2 cm³/mol. The molecule has 0 aliphatic carbocycles. The summed E-state index contributed by atoms with van der Waals surface area (Å²) < 4.78 is 47.8. The third kappa shape index (κ3) is 3.88. The summed E-state index contributed by atoms with van der Waals surface area (Å²) in [6, 6.07) is 8.06. The molecule has 0 saturated carbocycles. The Morgan fingerprint density at radius 3 is 2.44 bits per heavy atom. The second-order valence-electron chi connectivity index (χ2n) is 7.74. The van der Waals surface area contributed by atoms with E-state index in [-0.39, 0.29) is 18.1 Å². The third-order valence-corrected chi connectivity index (χ3v) is 4.60. The summed E-state index contributed by atoms with van der Waals surface area (Å²) in [4.78, 5) is 11.8. The van der Waals surface area contributed by atoms with Crippen LogP contribution in [-0.4, -0.2) is 28.7 Å². The number of hydrazine groups is 1. The van der Waals surface area contributed by atoms with Crippen LogP contribution < -0.4 is 10.2 Å². The van der Waals surface area contributed by atoms with Gasteiger partial charge in [0.2, 0.25) is 5.91 Å². The molecule has 146 valence electrons. The number of fused-ring (bicyclic) bond motifs is 1. The first-order valence-electron chi connectivity index (χ1n) is 8.84. The molecule has 1 heterocycles. The molecular formula is C20H23F3N2O2. The first-order valence-corrected chi connectivity index (χ1v) is 8.84. The molecule has 0 bridgehead atoms. The standard InChI is InChI=1S/C20H23F3N2O2/c1-12(2)27-16-7-5-6-13-8-9-14(10-15(13)16)18(20(21,22)23)25-19(3,4)11-17(26)24-25/h5-10,12,18H,11H2,1-4H3,(H,24,26)/t18-/m0/s1. The highest BCUT2D eigenvalue weighted by Crippen LogP contribution is 2.43. The average Bonchev–Trinajstić information content (AvgIpc) is 2.78. The van der Waals surface area contributed by atoms with E-state index in [0.29, 0.717) is 11.1 Å². The normalized spacial score (nSPS) is 18.7. The molecule has 7 heteroatoms. The zero-order chi connectivity index (χ0) is 20.0. The van der Waals surface area contributed by atoms with Crippen molar-refractivity contribution in [3.05, 3.63) is 42.0 Å². The van der Waals surface area contributed by atoms with Crippen molar-refractivity contribution in [1.29, 1.82) is 0 Å². The first kappa shape index (κ1) is 19.5. The first-order chi connectivity index (χ1) is 12.5. The molecule has 1 aliphatic rings. The lowest BCUT2D eigenvalue weighted by atomic mass is 9.95. The number of amides is 1. The highest BCUT2D eigenvalue weighted by Gasteiger charge is 2.53. The van der Waals surface area contributed by atoms with Crippen LogP contribution in [0.1, 0.15) is 45.7 Å². The minimum Gasteiger partial charge on any atom is -0.490 e. The second kappa shape index (κ2) is 6.71. The Balaban J connectivity index is 2.13. The lowest BCUT2D eigenvalue weighted by Gasteiger charge is -2.38. The molecule has 1 amide bonds. The van der Waals surface area contributed by atoms with Gasteiger partial charge in [0.15, 0.2) is 6.04 Å². The van der Waals surface area contributed by atoms with Crippen LogP contribution in [0.3, 0.4) is 0 Å². The van der Waals surface area contributed by atoms with Crippen LogP contribution >= 0.6 is 0 Å². The van der Waals surface area contributed by atoms with E-state index in [2.05, 4.69) is 5.43 Å². The molecule has 2 aromatic carbocycles. The summed E-state index contributed by atoms with van der Waals surface area (Å²) in [7, 11) is 0. The van der Waals surface area contributed by atoms with Crippen LogP contribution in [0.4, 0.5) is 13.2 Å². The van der Waals surface area contributed by atoms with Crippen molar-refractivity contribution in [3.8, 4) is 5.75 Å². The lowest BCUT2D eigenvalue weighted by Crippen LogP contribution is -2.51. The number of benzene rings is 2. The molecule has 1 saturated heterocycles. The number of hydrogen-bond acceptors (Lipinski definition) is 3. The fraction of sp³-hybridized carbons (Fsp3) is 0.450. The molecule has 1 N–H and O–H groups in total. The van der Waals surface area contributed by atoms with Crippen molar-refractivity contribution in [2.75, 3.05) is 0 Å². The van der Waals surface area contributed by atoms with Gasteiger partial charge in [-0.2, -0.15) is 18.2 Å². The van der Waals surface area contributed by atoms with E-state index in [0.717, 1.165) is 10.4 Å². The number of alkyl halides is 3. The van der Waals surface area contributed by atoms with Gasteiger partial charge in [-0.05, 0) is 50.8 Å². The summed E-state index contributed by atoms with van der Waals surface area (Å²) in [6.45, 7) is 6.98. The van der Waals surface area contributed by atoms with Gasteiger partial charge in [0.05, 0.1) is 6.10 Å². The zero-order valence-electron chi connectivity index (χ0n) is 15.7. The molecule has 1 fully saturated rings. The SMILES string of the molecule is CC(C)Oc1cccc2ccc([C@H](N3NC(=O)CC3(C)C)C(F)(F)F)cc12. The van der Waals surface area contributed by atoms with Crippen molar-refractivity contribution in [2.24, 2.45) is 0 Å². The van der Waals surface area contributed by atoms with Gasteiger partial charge >= 0.3 is 6.18 Å². The van der Waals surface area contributed by atoms with Gasteiger partial charge in [0.25, 0.3) is 0 Å². The Morgan fingerprint density at radius 2 is 1.89 bits per heavy atom. The molecule has 0 spiro atoms. The molecule has 3 rings (SSSR count). The van der Waals surface area contributed by atoms with Crippen molar-refractivity contribution >= 4 is 16.7 Å². The second-order valence-corrected chi connectivity index (χ2v) is 7.74. The molecule has 1 atom stereocenters. The van der Waals surface area contributed by atoms with Gasteiger partial charge in [0, 0.05) is 17.3 Å². The Kier molecular flexibility index (Phi) is 4.84. The molecule has 0 radical (unpaired) electrons. The number of nitrogens with zero attached hydrogens (tertiary/aromatic N) is 1. The predicted octanol–water partition coefficient (Wildman–Crippen LogP) is 4.75. The van der Waals surface area contributed by atoms with Gasteiger partial charge in [0.1, 0.15) is 5.75 Å². The number of ether oxygens (including phenoxy) is 1. The number of carbonyl (C=O) groups excluding carboxylic acids is 1. The maximum atomic E-state index is 14.0. The number of rotatable bonds is 4. The van der Waals surface area contributed by atoms with Crippen LogP contribution in [0.5, 0.6) is 5.75 Å². The van der Waals surface area contributed by atoms with E-state index < -0.39 is 23.7 Å². The van der Waals surface area contributed by atoms with Gasteiger partial charge in [-0.1, -0.05) is 24.3 Å². The van der Waals surface area contributed by atoms with E-state index in [4.69, 9.17) is 4.74 Å². The number of hydrogen-bond donors (Lipinski definition) is 1. The molecule has 1 aliphatic heterocycles. The smallest absolute Gasteiger partial charge is 0.409 e. The van der Waals surface area contributed by atoms with Crippen LogP contribution in [-0.2, 0) is 4.79 Å². The van der Waals surface area contributed by atoms with Gasteiger partial charge in [-0.15, -0.1) is 0 Å². The molecule has 2 aromatic rings.